The van der Waals surface area contributed by atoms with Crippen LogP contribution >= 0.6 is 0 Å². The number of hydrogen-bond donors (Lipinski definition) is 0. The van der Waals surface area contributed by atoms with Gasteiger partial charge in [-0.05, 0) is 36.2 Å². The summed E-state index contributed by atoms with van der Waals surface area (Å²) in [6, 6.07) is 22.2. The van der Waals surface area contributed by atoms with Crippen LogP contribution in [0.15, 0.2) is 78.0 Å². The SMILES string of the molecule is O=C1CCCN1N=C(Cc1ccnc2ccccc12)c1ccc2ccccc2n1. The predicted octanol–water partition coefficient (Wildman–Crippen LogP) is 4.35. The van der Waals surface area contributed by atoms with Crippen LogP contribution in [-0.4, -0.2) is 33.1 Å². The molecule has 1 fully saturated rings. The van der Waals surface area contributed by atoms with E-state index in [1.54, 1.807) is 5.01 Å². The van der Waals surface area contributed by atoms with Crippen molar-refractivity contribution < 1.29 is 4.79 Å². The highest BCUT2D eigenvalue weighted by atomic mass is 16.2. The van der Waals surface area contributed by atoms with Crippen molar-refractivity contribution >= 4 is 33.4 Å². The number of para-hydroxylation sites is 2. The molecule has 3 heterocycles. The zero-order chi connectivity index (χ0) is 19.6. The standard InChI is InChI=1S/C24H20N4O/c29-24-10-5-15-28(24)27-23(22-12-11-17-6-1-3-8-20(17)26-22)16-18-13-14-25-21-9-4-2-7-19(18)21/h1-4,6-9,11-14H,5,10,15-16H2. The average Bonchev–Trinajstić information content (AvgIpc) is 3.17. The van der Waals surface area contributed by atoms with Crippen molar-refractivity contribution in [2.75, 3.05) is 6.54 Å². The van der Waals surface area contributed by atoms with Gasteiger partial charge >= 0.3 is 0 Å². The molecule has 0 N–H and O–H groups in total. The van der Waals surface area contributed by atoms with Gasteiger partial charge in [0, 0.05) is 36.4 Å². The Morgan fingerprint density at radius 1 is 0.966 bits per heavy atom. The molecular weight excluding hydrogens is 360 g/mol. The van der Waals surface area contributed by atoms with E-state index in [1.165, 1.54) is 0 Å². The van der Waals surface area contributed by atoms with E-state index in [0.717, 1.165) is 45.2 Å². The van der Waals surface area contributed by atoms with Crippen LogP contribution in [0.1, 0.15) is 24.1 Å². The molecule has 0 unspecified atom stereocenters. The smallest absolute Gasteiger partial charge is 0.242 e. The van der Waals surface area contributed by atoms with Crippen LogP contribution in [0, 0.1) is 0 Å². The minimum absolute atomic E-state index is 0.0721. The van der Waals surface area contributed by atoms with Crippen LogP contribution in [0.25, 0.3) is 21.8 Å². The van der Waals surface area contributed by atoms with Gasteiger partial charge in [0.1, 0.15) is 0 Å². The van der Waals surface area contributed by atoms with E-state index >= 15 is 0 Å². The average molecular weight is 380 g/mol. The molecule has 1 aliphatic heterocycles. The van der Waals surface area contributed by atoms with Crippen molar-refractivity contribution in [3.05, 3.63) is 84.2 Å². The van der Waals surface area contributed by atoms with E-state index in [9.17, 15) is 4.79 Å². The number of hydrogen-bond acceptors (Lipinski definition) is 4. The summed E-state index contributed by atoms with van der Waals surface area (Å²) in [5.74, 6) is 0.0721. The van der Waals surface area contributed by atoms with E-state index in [0.29, 0.717) is 19.4 Å². The number of carbonyl (C=O) groups is 1. The highest BCUT2D eigenvalue weighted by Crippen LogP contribution is 2.21. The lowest BCUT2D eigenvalue weighted by Crippen LogP contribution is -2.22. The van der Waals surface area contributed by atoms with Gasteiger partial charge in [0.05, 0.1) is 22.4 Å². The first-order valence-corrected chi connectivity index (χ1v) is 9.84. The Hall–Kier alpha value is -3.60. The van der Waals surface area contributed by atoms with E-state index in [-0.39, 0.29) is 5.91 Å². The molecule has 0 saturated carbocycles. The maximum absolute atomic E-state index is 12.2. The number of pyridine rings is 2. The fraction of sp³-hybridized carbons (Fsp3) is 0.167. The number of aromatic nitrogens is 2. The molecule has 1 saturated heterocycles. The summed E-state index contributed by atoms with van der Waals surface area (Å²) in [5.41, 5.74) is 4.58. The van der Waals surface area contributed by atoms with E-state index in [1.807, 2.05) is 60.8 Å². The molecule has 5 rings (SSSR count). The molecule has 2 aromatic heterocycles. The van der Waals surface area contributed by atoms with Crippen LogP contribution in [0.4, 0.5) is 0 Å². The molecule has 0 spiro atoms. The molecule has 0 aliphatic carbocycles. The summed E-state index contributed by atoms with van der Waals surface area (Å²) in [5, 5.41) is 8.53. The second-order valence-corrected chi connectivity index (χ2v) is 7.22. The minimum Gasteiger partial charge on any atom is -0.273 e. The summed E-state index contributed by atoms with van der Waals surface area (Å²) in [4.78, 5) is 21.5. The van der Waals surface area contributed by atoms with Crippen molar-refractivity contribution in [1.29, 1.82) is 0 Å². The van der Waals surface area contributed by atoms with Crippen LogP contribution in [0.2, 0.25) is 0 Å². The van der Waals surface area contributed by atoms with Crippen LogP contribution in [0.5, 0.6) is 0 Å². The molecule has 0 bridgehead atoms. The quantitative estimate of drug-likeness (QED) is 0.495. The second kappa shape index (κ2) is 7.43. The van der Waals surface area contributed by atoms with Gasteiger partial charge in [0.15, 0.2) is 0 Å². The number of amides is 1. The summed E-state index contributed by atoms with van der Waals surface area (Å²) >= 11 is 0. The van der Waals surface area contributed by atoms with Gasteiger partial charge in [0.2, 0.25) is 5.91 Å². The van der Waals surface area contributed by atoms with Crippen molar-refractivity contribution in [2.45, 2.75) is 19.3 Å². The monoisotopic (exact) mass is 380 g/mol. The molecule has 5 heteroatoms. The summed E-state index contributed by atoms with van der Waals surface area (Å²) in [6.45, 7) is 0.660. The molecule has 2 aromatic carbocycles. The molecule has 5 nitrogen and oxygen atoms in total. The first-order chi connectivity index (χ1) is 14.3. The Bertz CT molecular complexity index is 1240. The summed E-state index contributed by atoms with van der Waals surface area (Å²) in [6.07, 6.45) is 3.81. The van der Waals surface area contributed by atoms with E-state index < -0.39 is 0 Å². The van der Waals surface area contributed by atoms with Crippen molar-refractivity contribution in [2.24, 2.45) is 5.10 Å². The molecule has 0 radical (unpaired) electrons. The molecule has 0 atom stereocenters. The van der Waals surface area contributed by atoms with Crippen LogP contribution in [0.3, 0.4) is 0 Å². The molecule has 1 amide bonds. The highest BCUT2D eigenvalue weighted by molar-refractivity contribution is 6.04. The summed E-state index contributed by atoms with van der Waals surface area (Å²) < 4.78 is 0. The lowest BCUT2D eigenvalue weighted by Gasteiger charge is -2.14. The van der Waals surface area contributed by atoms with E-state index in [4.69, 9.17) is 10.1 Å². The van der Waals surface area contributed by atoms with Gasteiger partial charge < -0.3 is 0 Å². The molecule has 4 aromatic rings. The van der Waals surface area contributed by atoms with Gasteiger partial charge in [-0.3, -0.25) is 9.78 Å². The van der Waals surface area contributed by atoms with Crippen LogP contribution < -0.4 is 0 Å². The Labute approximate surface area is 168 Å². The first kappa shape index (κ1) is 17.5. The summed E-state index contributed by atoms with van der Waals surface area (Å²) in [7, 11) is 0. The molecule has 29 heavy (non-hydrogen) atoms. The number of benzene rings is 2. The third kappa shape index (κ3) is 3.47. The first-order valence-electron chi connectivity index (χ1n) is 9.84. The largest absolute Gasteiger partial charge is 0.273 e. The predicted molar refractivity (Wildman–Crippen MR) is 115 cm³/mol. The third-order valence-corrected chi connectivity index (χ3v) is 5.28. The number of carbonyl (C=O) groups excluding carboxylic acids is 1. The van der Waals surface area contributed by atoms with Crippen LogP contribution in [-0.2, 0) is 11.2 Å². The van der Waals surface area contributed by atoms with Gasteiger partial charge in [0.25, 0.3) is 0 Å². The number of hydrazone groups is 1. The Balaban J connectivity index is 1.61. The van der Waals surface area contributed by atoms with Gasteiger partial charge in [-0.25, -0.2) is 9.99 Å². The van der Waals surface area contributed by atoms with Crippen molar-refractivity contribution in [3.8, 4) is 0 Å². The molecular formula is C24H20N4O. The fourth-order valence-corrected chi connectivity index (χ4v) is 3.78. The zero-order valence-electron chi connectivity index (χ0n) is 16.0. The number of fused-ring (bicyclic) bond motifs is 2. The Morgan fingerprint density at radius 2 is 1.79 bits per heavy atom. The van der Waals surface area contributed by atoms with Gasteiger partial charge in [-0.2, -0.15) is 5.10 Å². The lowest BCUT2D eigenvalue weighted by molar-refractivity contribution is -0.127. The third-order valence-electron chi connectivity index (χ3n) is 5.28. The van der Waals surface area contributed by atoms with Gasteiger partial charge in [-0.1, -0.05) is 42.5 Å². The second-order valence-electron chi connectivity index (χ2n) is 7.22. The highest BCUT2D eigenvalue weighted by Gasteiger charge is 2.21. The topological polar surface area (TPSA) is 58.5 Å². The molecule has 142 valence electrons. The normalized spacial score (nSPS) is 14.8. The Kier molecular flexibility index (Phi) is 4.48. The zero-order valence-corrected chi connectivity index (χ0v) is 16.0. The van der Waals surface area contributed by atoms with Crippen molar-refractivity contribution in [3.63, 3.8) is 0 Å². The maximum Gasteiger partial charge on any atom is 0.242 e. The van der Waals surface area contributed by atoms with Crippen molar-refractivity contribution in [1.82, 2.24) is 15.0 Å². The van der Waals surface area contributed by atoms with E-state index in [2.05, 4.69) is 17.1 Å². The Morgan fingerprint density at radius 3 is 2.66 bits per heavy atom. The number of nitrogens with zero attached hydrogens (tertiary/aromatic N) is 4. The number of rotatable bonds is 4. The molecule has 1 aliphatic rings. The fourth-order valence-electron chi connectivity index (χ4n) is 3.78. The minimum atomic E-state index is 0.0721. The maximum atomic E-state index is 12.2. The lowest BCUT2D eigenvalue weighted by atomic mass is 10.0. The van der Waals surface area contributed by atoms with Gasteiger partial charge in [-0.15, -0.1) is 0 Å².